The Morgan fingerprint density at radius 1 is 0.207 bits per heavy atom. The molecule has 6 heterocycles. The molecule has 7 aliphatic rings. The maximum absolute atomic E-state index is 6.26. The quantitative estimate of drug-likeness (QED) is 0.134. The third-order valence-electron chi connectivity index (χ3n) is 26.7. The number of nitrogens with two attached hydrogens (primary N) is 6. The molecule has 0 aromatic carbocycles. The molecule has 1 saturated carbocycles. The predicted molar refractivity (Wildman–Crippen MR) is 500 cm³/mol. The largest absolute Gasteiger partial charge is 0.379 e. The molecule has 111 heavy (non-hydrogen) atoms. The zero-order valence-electron chi connectivity index (χ0n) is 87.2. The topological polar surface area (TPSA) is 212 Å². The zero-order valence-corrected chi connectivity index (χ0v) is 87.2. The molecule has 6 aliphatic heterocycles. The van der Waals surface area contributed by atoms with Gasteiger partial charge in [-0.3, -0.25) is 0 Å². The second-order valence-corrected chi connectivity index (χ2v) is 46.0. The molecule has 680 valence electrons. The van der Waals surface area contributed by atoms with E-state index in [0.29, 0.717) is 36.1 Å². The van der Waals surface area contributed by atoms with Crippen molar-refractivity contribution in [2.24, 2.45) is 132 Å². The Labute approximate surface area is 701 Å². The van der Waals surface area contributed by atoms with Crippen LogP contribution in [-0.4, -0.2) is 113 Å². The van der Waals surface area contributed by atoms with E-state index in [4.69, 9.17) is 62.8 Å². The Balaban J connectivity index is -0.000000221. The molecular formula is C99H218N6O6. The van der Waals surface area contributed by atoms with Gasteiger partial charge in [-0.15, -0.1) is 0 Å². The number of ether oxygens (including phenoxy) is 6. The van der Waals surface area contributed by atoms with E-state index >= 15 is 0 Å². The van der Waals surface area contributed by atoms with Gasteiger partial charge in [-0.25, -0.2) is 0 Å². The normalized spacial score (nSPS) is 24.4. The number of hydrogen-bond acceptors (Lipinski definition) is 12. The van der Waals surface area contributed by atoms with Crippen LogP contribution in [0.2, 0.25) is 0 Å². The summed E-state index contributed by atoms with van der Waals surface area (Å²) >= 11 is 0. The van der Waals surface area contributed by atoms with Gasteiger partial charge in [0.05, 0.1) is 56.4 Å². The molecule has 12 N–H and O–H groups in total. The van der Waals surface area contributed by atoms with Crippen molar-refractivity contribution in [3.8, 4) is 0 Å². The summed E-state index contributed by atoms with van der Waals surface area (Å²) in [4.78, 5) is 0. The molecule has 12 heteroatoms. The summed E-state index contributed by atoms with van der Waals surface area (Å²) < 4.78 is 35.0. The van der Waals surface area contributed by atoms with Gasteiger partial charge in [-0.2, -0.15) is 0 Å². The standard InChI is InChI=1S/C13H26.6C12H25NO.7C2H6/c1-11(2,3)13(12(4,5)6)9-7-8-10-13;3*1-10(2,3)12(11(4,5)6)8-14-7-9(12)13;3*1-10(2,3)12(11(4,5)6)9(13)7-8-14-12;7*1-2/h7-10H2,1-6H3;6*9H,7-8,13H2,1-6H3;7*1-2H3/t;2*9-;;2*9-;;;;;;;;/m.10.10......../s1. The molecule has 0 aromatic rings. The smallest absolute Gasteiger partial charge is 0.0929 e. The van der Waals surface area contributed by atoms with E-state index in [9.17, 15) is 0 Å². The van der Waals surface area contributed by atoms with Crippen LogP contribution in [0.5, 0.6) is 0 Å². The Morgan fingerprint density at radius 3 is 0.405 bits per heavy atom. The SMILES string of the molecule is CC.CC.CC.CC.CC.CC.CC.CC(C)(C)C1(C(C)(C)C)CCCC1.CC(C)(C)C1(C(C)(C)C)COCC1N.CC(C)(C)C1(C(C)(C)C)COC[C@@H]1N.CC(C)(C)C1(C(C)(C)C)COC[C@H]1N.CC(C)(C)C1(C(C)(C)C)OCCC1N.CC(C)(C)C1(C(C)(C)C)OCC[C@@H]1N.CC(C)(C)C1(C(C)(C)C)OCC[C@H]1N. The molecule has 12 nitrogen and oxygen atoms in total. The summed E-state index contributed by atoms with van der Waals surface area (Å²) in [6, 6.07) is 0.931. The van der Waals surface area contributed by atoms with Crippen molar-refractivity contribution in [1.82, 2.24) is 0 Å². The van der Waals surface area contributed by atoms with Crippen molar-refractivity contribution in [3.05, 3.63) is 0 Å². The average molecular weight is 1590 g/mol. The first-order valence-corrected chi connectivity index (χ1v) is 45.7. The van der Waals surface area contributed by atoms with Crippen molar-refractivity contribution in [2.45, 2.75) is 486 Å². The van der Waals surface area contributed by atoms with Crippen molar-refractivity contribution < 1.29 is 28.4 Å². The summed E-state index contributed by atoms with van der Waals surface area (Å²) in [5, 5.41) is 0. The maximum Gasteiger partial charge on any atom is 0.0929 e. The fourth-order valence-electron chi connectivity index (χ4n) is 23.4. The third kappa shape index (κ3) is 28.0. The van der Waals surface area contributed by atoms with Crippen LogP contribution in [0, 0.1) is 97.5 Å². The summed E-state index contributed by atoms with van der Waals surface area (Å²) in [7, 11) is 0. The summed E-state index contributed by atoms with van der Waals surface area (Å²) in [5.74, 6) is 0. The van der Waals surface area contributed by atoms with Crippen molar-refractivity contribution in [3.63, 3.8) is 0 Å². The van der Waals surface area contributed by atoms with E-state index < -0.39 is 0 Å². The molecule has 2 unspecified atom stereocenters. The van der Waals surface area contributed by atoms with E-state index in [-0.39, 0.29) is 134 Å². The van der Waals surface area contributed by atoms with Crippen molar-refractivity contribution >= 4 is 0 Å². The van der Waals surface area contributed by atoms with Gasteiger partial charge in [-0.05, 0) is 113 Å². The number of hydrogen-bond donors (Lipinski definition) is 6. The highest BCUT2D eigenvalue weighted by Crippen LogP contribution is 2.62. The van der Waals surface area contributed by atoms with Crippen LogP contribution >= 0.6 is 0 Å². The predicted octanol–water partition coefficient (Wildman–Crippen LogP) is 26.8. The Hall–Kier alpha value is -0.480. The lowest BCUT2D eigenvalue weighted by Gasteiger charge is -2.53. The fraction of sp³-hybridized carbons (Fsp3) is 1.00. The molecule has 1 aliphatic carbocycles. The Bertz CT molecular complexity index is 1890. The first-order valence-electron chi connectivity index (χ1n) is 45.7. The second-order valence-electron chi connectivity index (χ2n) is 46.0. The molecular weight excluding hydrogens is 1370 g/mol. The van der Waals surface area contributed by atoms with Crippen LogP contribution in [0.3, 0.4) is 0 Å². The van der Waals surface area contributed by atoms with Gasteiger partial charge in [0.2, 0.25) is 0 Å². The van der Waals surface area contributed by atoms with Gasteiger partial charge in [0.1, 0.15) is 0 Å². The molecule has 0 bridgehead atoms. The maximum atomic E-state index is 6.26. The molecule has 7 rings (SSSR count). The van der Waals surface area contributed by atoms with E-state index in [1.165, 1.54) is 25.7 Å². The third-order valence-corrected chi connectivity index (χ3v) is 26.7. The summed E-state index contributed by atoms with van der Waals surface area (Å²) in [5.41, 5.74) is 40.3. The van der Waals surface area contributed by atoms with Crippen LogP contribution in [0.4, 0.5) is 0 Å². The lowest BCUT2D eigenvalue weighted by Crippen LogP contribution is -2.62. The Kier molecular flexibility index (Phi) is 52.5. The molecule has 0 radical (unpaired) electrons. The van der Waals surface area contributed by atoms with Gasteiger partial charge in [0.25, 0.3) is 0 Å². The van der Waals surface area contributed by atoms with Crippen molar-refractivity contribution in [2.75, 3.05) is 59.5 Å². The highest BCUT2D eigenvalue weighted by molar-refractivity contribution is 5.14. The van der Waals surface area contributed by atoms with Gasteiger partial charge in [0, 0.05) is 72.3 Å². The minimum absolute atomic E-state index is 0.0833. The summed E-state index contributed by atoms with van der Waals surface area (Å²) in [6.07, 6.45) is 8.68. The van der Waals surface area contributed by atoms with Crippen LogP contribution in [0.1, 0.15) is 433 Å². The van der Waals surface area contributed by atoms with Crippen LogP contribution in [0.15, 0.2) is 0 Å². The van der Waals surface area contributed by atoms with Crippen LogP contribution in [-0.2, 0) is 28.4 Å². The molecule has 6 saturated heterocycles. The fourth-order valence-corrected chi connectivity index (χ4v) is 23.4. The van der Waals surface area contributed by atoms with E-state index in [0.717, 1.165) is 58.9 Å². The van der Waals surface area contributed by atoms with Gasteiger partial charge < -0.3 is 62.8 Å². The van der Waals surface area contributed by atoms with Gasteiger partial charge >= 0.3 is 0 Å². The molecule has 6 atom stereocenters. The molecule has 0 amide bonds. The highest BCUT2D eigenvalue weighted by atomic mass is 16.5. The highest BCUT2D eigenvalue weighted by Gasteiger charge is 2.63. The Morgan fingerprint density at radius 2 is 0.351 bits per heavy atom. The van der Waals surface area contributed by atoms with E-state index in [2.05, 4.69) is 291 Å². The molecule has 7 fully saturated rings. The monoisotopic (exact) mass is 1590 g/mol. The minimum atomic E-state index is -0.194. The lowest BCUT2D eigenvalue weighted by atomic mass is 9.52. The average Bonchev–Trinajstić information content (AvgIpc) is 1.67. The van der Waals surface area contributed by atoms with Crippen LogP contribution < -0.4 is 34.4 Å². The lowest BCUT2D eigenvalue weighted by molar-refractivity contribution is -0.155. The van der Waals surface area contributed by atoms with E-state index in [1.807, 2.05) is 96.9 Å². The van der Waals surface area contributed by atoms with Crippen molar-refractivity contribution in [1.29, 1.82) is 0 Å². The zero-order chi connectivity index (χ0) is 91.5. The summed E-state index contributed by atoms with van der Waals surface area (Å²) in [6.45, 7) is 130. The number of rotatable bonds is 0. The van der Waals surface area contributed by atoms with E-state index in [1.54, 1.807) is 0 Å². The first kappa shape index (κ1) is 124. The second kappa shape index (κ2) is 47.1. The first-order chi connectivity index (χ1) is 49.5. The van der Waals surface area contributed by atoms with Gasteiger partial charge in [0.15, 0.2) is 0 Å². The molecule has 0 spiro atoms. The minimum Gasteiger partial charge on any atom is -0.379 e. The van der Waals surface area contributed by atoms with Crippen LogP contribution in [0.25, 0.3) is 0 Å². The van der Waals surface area contributed by atoms with Gasteiger partial charge in [-0.1, -0.05) is 401 Å². The molecule has 0 aromatic heterocycles.